The van der Waals surface area contributed by atoms with E-state index in [1.807, 2.05) is 0 Å². The summed E-state index contributed by atoms with van der Waals surface area (Å²) < 4.78 is 26.8. The van der Waals surface area contributed by atoms with Crippen molar-refractivity contribution >= 4 is 0 Å². The quantitative estimate of drug-likeness (QED) is 0.731. The van der Waals surface area contributed by atoms with Crippen molar-refractivity contribution in [1.29, 1.82) is 0 Å². The van der Waals surface area contributed by atoms with E-state index in [9.17, 15) is 8.78 Å². The molecule has 1 atom stereocenters. The molecular formula is C15H23F2N. The van der Waals surface area contributed by atoms with Gasteiger partial charge in [0.15, 0.2) is 11.6 Å². The first-order valence-corrected chi connectivity index (χ1v) is 6.69. The third-order valence-corrected chi connectivity index (χ3v) is 3.29. The van der Waals surface area contributed by atoms with Gasteiger partial charge in [0.1, 0.15) is 0 Å². The first-order chi connectivity index (χ1) is 8.56. The molecular weight excluding hydrogens is 232 g/mol. The lowest BCUT2D eigenvalue weighted by atomic mass is 9.89. The Morgan fingerprint density at radius 1 is 1.22 bits per heavy atom. The van der Waals surface area contributed by atoms with Crippen LogP contribution in [0.4, 0.5) is 8.78 Å². The SMILES string of the molecule is CCCNCC(Cc1cccc(F)c1F)C(C)C. The Bertz CT molecular complexity index is 364. The first kappa shape index (κ1) is 15.1. The Morgan fingerprint density at radius 2 is 1.94 bits per heavy atom. The normalized spacial score (nSPS) is 13.0. The molecule has 1 rings (SSSR count). The Balaban J connectivity index is 2.68. The summed E-state index contributed by atoms with van der Waals surface area (Å²) in [5.74, 6) is -0.681. The van der Waals surface area contributed by atoms with Gasteiger partial charge in [0.05, 0.1) is 0 Å². The van der Waals surface area contributed by atoms with Crippen molar-refractivity contribution < 1.29 is 8.78 Å². The highest BCUT2D eigenvalue weighted by Crippen LogP contribution is 2.20. The highest BCUT2D eigenvalue weighted by atomic mass is 19.2. The van der Waals surface area contributed by atoms with Crippen LogP contribution < -0.4 is 5.32 Å². The largest absolute Gasteiger partial charge is 0.316 e. The predicted molar refractivity (Wildman–Crippen MR) is 71.6 cm³/mol. The fraction of sp³-hybridized carbons (Fsp3) is 0.600. The molecule has 0 saturated heterocycles. The van der Waals surface area contributed by atoms with E-state index in [4.69, 9.17) is 0 Å². The molecule has 0 saturated carbocycles. The minimum atomic E-state index is -0.753. The zero-order valence-corrected chi connectivity index (χ0v) is 11.5. The summed E-state index contributed by atoms with van der Waals surface area (Å²) in [6.45, 7) is 8.17. The van der Waals surface area contributed by atoms with E-state index >= 15 is 0 Å². The van der Waals surface area contributed by atoms with Crippen molar-refractivity contribution in [3.8, 4) is 0 Å². The second kappa shape index (κ2) is 7.47. The average Bonchev–Trinajstić information content (AvgIpc) is 2.33. The van der Waals surface area contributed by atoms with E-state index in [0.717, 1.165) is 19.5 Å². The van der Waals surface area contributed by atoms with E-state index in [1.165, 1.54) is 6.07 Å². The number of hydrogen-bond donors (Lipinski definition) is 1. The fourth-order valence-electron chi connectivity index (χ4n) is 2.00. The molecule has 0 spiro atoms. The molecule has 3 heteroatoms. The monoisotopic (exact) mass is 255 g/mol. The number of halogens is 2. The average molecular weight is 255 g/mol. The zero-order chi connectivity index (χ0) is 13.5. The third kappa shape index (κ3) is 4.37. The van der Waals surface area contributed by atoms with E-state index in [2.05, 4.69) is 26.1 Å². The Morgan fingerprint density at radius 3 is 2.56 bits per heavy atom. The molecule has 0 amide bonds. The molecule has 0 aliphatic rings. The Labute approximate surface area is 109 Å². The van der Waals surface area contributed by atoms with Crippen LogP contribution in [0, 0.1) is 23.5 Å². The summed E-state index contributed by atoms with van der Waals surface area (Å²) in [6.07, 6.45) is 1.66. The van der Waals surface area contributed by atoms with Gasteiger partial charge in [-0.1, -0.05) is 32.9 Å². The molecule has 1 aromatic carbocycles. The van der Waals surface area contributed by atoms with Crippen LogP contribution in [-0.4, -0.2) is 13.1 Å². The molecule has 18 heavy (non-hydrogen) atoms. The van der Waals surface area contributed by atoms with Crippen LogP contribution in [0.2, 0.25) is 0 Å². The molecule has 1 unspecified atom stereocenters. The van der Waals surface area contributed by atoms with Crippen molar-refractivity contribution in [2.75, 3.05) is 13.1 Å². The van der Waals surface area contributed by atoms with Crippen LogP contribution in [-0.2, 0) is 6.42 Å². The summed E-state index contributed by atoms with van der Waals surface area (Å²) in [5.41, 5.74) is 0.479. The number of benzene rings is 1. The van der Waals surface area contributed by atoms with Crippen LogP contribution in [0.3, 0.4) is 0 Å². The van der Waals surface area contributed by atoms with Crippen molar-refractivity contribution in [3.63, 3.8) is 0 Å². The minimum absolute atomic E-state index is 0.327. The summed E-state index contributed by atoms with van der Waals surface area (Å²) in [7, 11) is 0. The number of nitrogens with one attached hydrogen (secondary N) is 1. The van der Waals surface area contributed by atoms with Gasteiger partial charge in [-0.2, -0.15) is 0 Å². The molecule has 0 heterocycles. The molecule has 0 bridgehead atoms. The van der Waals surface area contributed by atoms with Crippen LogP contribution in [0.1, 0.15) is 32.8 Å². The van der Waals surface area contributed by atoms with Gasteiger partial charge in [-0.25, -0.2) is 8.78 Å². The molecule has 0 radical (unpaired) electrons. The maximum absolute atomic E-state index is 13.6. The van der Waals surface area contributed by atoms with Crippen LogP contribution in [0.5, 0.6) is 0 Å². The maximum atomic E-state index is 13.6. The Kier molecular flexibility index (Phi) is 6.27. The number of hydrogen-bond acceptors (Lipinski definition) is 1. The summed E-state index contributed by atoms with van der Waals surface area (Å²) in [4.78, 5) is 0. The highest BCUT2D eigenvalue weighted by molar-refractivity contribution is 5.19. The van der Waals surface area contributed by atoms with Crippen molar-refractivity contribution in [3.05, 3.63) is 35.4 Å². The van der Waals surface area contributed by atoms with E-state index in [0.29, 0.717) is 23.8 Å². The van der Waals surface area contributed by atoms with Gasteiger partial charge < -0.3 is 5.32 Å². The fourth-order valence-corrected chi connectivity index (χ4v) is 2.00. The van der Waals surface area contributed by atoms with Gasteiger partial charge in [0.25, 0.3) is 0 Å². The predicted octanol–water partition coefficient (Wildman–Crippen LogP) is 3.78. The van der Waals surface area contributed by atoms with Crippen molar-refractivity contribution in [2.24, 2.45) is 11.8 Å². The molecule has 1 N–H and O–H groups in total. The second-order valence-electron chi connectivity index (χ2n) is 5.13. The van der Waals surface area contributed by atoms with Crippen LogP contribution in [0.25, 0.3) is 0 Å². The van der Waals surface area contributed by atoms with Crippen molar-refractivity contribution in [1.82, 2.24) is 5.32 Å². The van der Waals surface area contributed by atoms with Gasteiger partial charge in [-0.05, 0) is 49.4 Å². The lowest BCUT2D eigenvalue weighted by Crippen LogP contribution is -2.28. The maximum Gasteiger partial charge on any atom is 0.162 e. The van der Waals surface area contributed by atoms with Gasteiger partial charge in [-0.3, -0.25) is 0 Å². The molecule has 0 aromatic heterocycles. The van der Waals surface area contributed by atoms with Crippen LogP contribution >= 0.6 is 0 Å². The summed E-state index contributed by atoms with van der Waals surface area (Å²) >= 11 is 0. The zero-order valence-electron chi connectivity index (χ0n) is 11.5. The molecule has 102 valence electrons. The lowest BCUT2D eigenvalue weighted by molar-refractivity contribution is 0.354. The molecule has 1 nitrogen and oxygen atoms in total. The molecule has 0 fully saturated rings. The van der Waals surface area contributed by atoms with E-state index in [1.54, 1.807) is 12.1 Å². The van der Waals surface area contributed by atoms with E-state index in [-0.39, 0.29) is 0 Å². The van der Waals surface area contributed by atoms with Crippen LogP contribution in [0.15, 0.2) is 18.2 Å². The summed E-state index contributed by atoms with van der Waals surface area (Å²) in [5, 5.41) is 3.35. The van der Waals surface area contributed by atoms with Gasteiger partial charge >= 0.3 is 0 Å². The standard InChI is InChI=1S/C15H23F2N/c1-4-8-18-10-13(11(2)3)9-12-6-5-7-14(16)15(12)17/h5-7,11,13,18H,4,8-10H2,1-3H3. The third-order valence-electron chi connectivity index (χ3n) is 3.29. The van der Waals surface area contributed by atoms with Crippen molar-refractivity contribution in [2.45, 2.75) is 33.6 Å². The smallest absolute Gasteiger partial charge is 0.162 e. The van der Waals surface area contributed by atoms with Gasteiger partial charge in [0, 0.05) is 0 Å². The number of rotatable bonds is 7. The molecule has 1 aromatic rings. The minimum Gasteiger partial charge on any atom is -0.316 e. The second-order valence-corrected chi connectivity index (χ2v) is 5.13. The van der Waals surface area contributed by atoms with Gasteiger partial charge in [-0.15, -0.1) is 0 Å². The summed E-state index contributed by atoms with van der Waals surface area (Å²) in [6, 6.07) is 4.41. The van der Waals surface area contributed by atoms with Gasteiger partial charge in [0.2, 0.25) is 0 Å². The first-order valence-electron chi connectivity index (χ1n) is 6.69. The molecule has 0 aliphatic heterocycles. The lowest BCUT2D eigenvalue weighted by Gasteiger charge is -2.21. The topological polar surface area (TPSA) is 12.0 Å². The molecule has 0 aliphatic carbocycles. The highest BCUT2D eigenvalue weighted by Gasteiger charge is 2.17. The Hall–Kier alpha value is -0.960. The van der Waals surface area contributed by atoms with E-state index < -0.39 is 11.6 Å².